The SMILES string of the molecule is Cc1ccc(C(=O)NC(CCN(C)C)c2ccc(F)cc2)cc1C. The molecule has 3 nitrogen and oxygen atoms in total. The summed E-state index contributed by atoms with van der Waals surface area (Å²) in [6.45, 7) is 4.85. The molecule has 1 atom stereocenters. The molecular formula is C20H25FN2O. The summed E-state index contributed by atoms with van der Waals surface area (Å²) in [7, 11) is 3.99. The summed E-state index contributed by atoms with van der Waals surface area (Å²) < 4.78 is 13.2. The Bertz CT molecular complexity index is 695. The molecule has 0 radical (unpaired) electrons. The van der Waals surface area contributed by atoms with E-state index in [9.17, 15) is 9.18 Å². The largest absolute Gasteiger partial charge is 0.345 e. The highest BCUT2D eigenvalue weighted by atomic mass is 19.1. The van der Waals surface area contributed by atoms with Crippen LogP contribution < -0.4 is 5.32 Å². The number of halogens is 1. The van der Waals surface area contributed by atoms with E-state index in [1.807, 2.05) is 46.1 Å². The van der Waals surface area contributed by atoms with E-state index in [1.54, 1.807) is 12.1 Å². The minimum absolute atomic E-state index is 0.105. The molecule has 0 spiro atoms. The first kappa shape index (κ1) is 18.1. The van der Waals surface area contributed by atoms with Crippen molar-refractivity contribution < 1.29 is 9.18 Å². The fourth-order valence-corrected chi connectivity index (χ4v) is 2.53. The van der Waals surface area contributed by atoms with Crippen LogP contribution in [0.25, 0.3) is 0 Å². The van der Waals surface area contributed by atoms with Crippen LogP contribution in [0.1, 0.15) is 39.5 Å². The van der Waals surface area contributed by atoms with Crippen molar-refractivity contribution in [1.29, 1.82) is 0 Å². The first-order valence-electron chi connectivity index (χ1n) is 8.15. The van der Waals surface area contributed by atoms with Gasteiger partial charge in [0.25, 0.3) is 5.91 Å². The molecule has 0 fully saturated rings. The summed E-state index contributed by atoms with van der Waals surface area (Å²) in [5.41, 5.74) is 3.81. The molecule has 24 heavy (non-hydrogen) atoms. The highest BCUT2D eigenvalue weighted by Gasteiger charge is 2.16. The Labute approximate surface area is 143 Å². The normalized spacial score (nSPS) is 12.2. The topological polar surface area (TPSA) is 32.3 Å². The number of carbonyl (C=O) groups excluding carboxylic acids is 1. The Morgan fingerprint density at radius 1 is 1.08 bits per heavy atom. The standard InChI is InChI=1S/C20H25FN2O/c1-14-5-6-17(13-15(14)2)20(24)22-19(11-12-23(3)4)16-7-9-18(21)10-8-16/h5-10,13,19H,11-12H2,1-4H3,(H,22,24). The van der Waals surface area contributed by atoms with Crippen molar-refractivity contribution in [3.63, 3.8) is 0 Å². The maximum Gasteiger partial charge on any atom is 0.251 e. The monoisotopic (exact) mass is 328 g/mol. The van der Waals surface area contributed by atoms with E-state index in [2.05, 4.69) is 10.2 Å². The summed E-state index contributed by atoms with van der Waals surface area (Å²) in [5, 5.41) is 3.08. The lowest BCUT2D eigenvalue weighted by Crippen LogP contribution is -2.31. The molecule has 2 rings (SSSR count). The molecule has 1 amide bonds. The fourth-order valence-electron chi connectivity index (χ4n) is 2.53. The van der Waals surface area contributed by atoms with Gasteiger partial charge in [-0.25, -0.2) is 4.39 Å². The van der Waals surface area contributed by atoms with Gasteiger partial charge in [0.1, 0.15) is 5.82 Å². The molecule has 2 aromatic carbocycles. The molecule has 0 aromatic heterocycles. The van der Waals surface area contributed by atoms with Crippen LogP contribution in [0.2, 0.25) is 0 Å². The summed E-state index contributed by atoms with van der Waals surface area (Å²) in [6, 6.07) is 11.9. The van der Waals surface area contributed by atoms with E-state index >= 15 is 0 Å². The number of carbonyl (C=O) groups is 1. The molecule has 1 N–H and O–H groups in total. The van der Waals surface area contributed by atoms with E-state index < -0.39 is 0 Å². The van der Waals surface area contributed by atoms with Gasteiger partial charge in [-0.3, -0.25) is 4.79 Å². The molecule has 0 saturated carbocycles. The third-order valence-electron chi connectivity index (χ3n) is 4.21. The van der Waals surface area contributed by atoms with Gasteiger partial charge < -0.3 is 10.2 Å². The minimum atomic E-state index is -0.273. The highest BCUT2D eigenvalue weighted by molar-refractivity contribution is 5.94. The molecule has 0 aliphatic carbocycles. The van der Waals surface area contributed by atoms with Crippen LogP contribution in [0, 0.1) is 19.7 Å². The number of amides is 1. The molecular weight excluding hydrogens is 303 g/mol. The quantitative estimate of drug-likeness (QED) is 0.873. The Hall–Kier alpha value is -2.20. The molecule has 0 heterocycles. The first-order chi connectivity index (χ1) is 11.4. The van der Waals surface area contributed by atoms with Gasteiger partial charge in [0.15, 0.2) is 0 Å². The van der Waals surface area contributed by atoms with Crippen LogP contribution in [0.15, 0.2) is 42.5 Å². The summed E-state index contributed by atoms with van der Waals surface area (Å²) in [4.78, 5) is 14.7. The van der Waals surface area contributed by atoms with Gasteiger partial charge in [0.05, 0.1) is 6.04 Å². The number of hydrogen-bond donors (Lipinski definition) is 1. The van der Waals surface area contributed by atoms with E-state index in [1.165, 1.54) is 12.1 Å². The average Bonchev–Trinajstić information content (AvgIpc) is 2.54. The zero-order valence-electron chi connectivity index (χ0n) is 14.8. The van der Waals surface area contributed by atoms with Crippen LogP contribution in [0.4, 0.5) is 4.39 Å². The van der Waals surface area contributed by atoms with Crippen LogP contribution in [0.5, 0.6) is 0 Å². The van der Waals surface area contributed by atoms with Crippen molar-refractivity contribution in [2.45, 2.75) is 26.3 Å². The zero-order chi connectivity index (χ0) is 17.7. The lowest BCUT2D eigenvalue weighted by Gasteiger charge is -2.21. The molecule has 0 saturated heterocycles. The second-order valence-corrected chi connectivity index (χ2v) is 6.47. The summed E-state index contributed by atoms with van der Waals surface area (Å²) in [5.74, 6) is -0.378. The third-order valence-corrected chi connectivity index (χ3v) is 4.21. The van der Waals surface area contributed by atoms with Crippen molar-refractivity contribution in [3.8, 4) is 0 Å². The van der Waals surface area contributed by atoms with Gasteiger partial charge in [-0.15, -0.1) is 0 Å². The Kier molecular flexibility index (Phi) is 6.10. The Balaban J connectivity index is 2.18. The molecule has 0 aliphatic rings. The predicted octanol–water partition coefficient (Wildman–Crippen LogP) is 3.87. The molecule has 1 unspecified atom stereocenters. The van der Waals surface area contributed by atoms with Gasteiger partial charge >= 0.3 is 0 Å². The number of rotatable bonds is 6. The smallest absolute Gasteiger partial charge is 0.251 e. The average molecular weight is 328 g/mol. The minimum Gasteiger partial charge on any atom is -0.345 e. The lowest BCUT2D eigenvalue weighted by molar-refractivity contribution is 0.0932. The van der Waals surface area contributed by atoms with Crippen molar-refractivity contribution in [2.24, 2.45) is 0 Å². The first-order valence-corrected chi connectivity index (χ1v) is 8.15. The number of hydrogen-bond acceptors (Lipinski definition) is 2. The van der Waals surface area contributed by atoms with Crippen molar-refractivity contribution in [2.75, 3.05) is 20.6 Å². The van der Waals surface area contributed by atoms with E-state index in [0.717, 1.165) is 29.7 Å². The highest BCUT2D eigenvalue weighted by Crippen LogP contribution is 2.19. The van der Waals surface area contributed by atoms with Crippen LogP contribution >= 0.6 is 0 Å². The van der Waals surface area contributed by atoms with E-state index in [4.69, 9.17) is 0 Å². The lowest BCUT2D eigenvalue weighted by atomic mass is 10.0. The molecule has 0 bridgehead atoms. The van der Waals surface area contributed by atoms with Crippen molar-refractivity contribution in [1.82, 2.24) is 10.2 Å². The number of nitrogens with zero attached hydrogens (tertiary/aromatic N) is 1. The van der Waals surface area contributed by atoms with Gasteiger partial charge in [-0.2, -0.15) is 0 Å². The zero-order valence-corrected chi connectivity index (χ0v) is 14.8. The van der Waals surface area contributed by atoms with Gasteiger partial charge in [0.2, 0.25) is 0 Å². The van der Waals surface area contributed by atoms with Crippen molar-refractivity contribution in [3.05, 3.63) is 70.5 Å². The Morgan fingerprint density at radius 2 is 1.75 bits per heavy atom. The fraction of sp³-hybridized carbons (Fsp3) is 0.350. The molecule has 0 aliphatic heterocycles. The number of aryl methyl sites for hydroxylation is 2. The number of benzene rings is 2. The molecule has 2 aromatic rings. The van der Waals surface area contributed by atoms with E-state index in [0.29, 0.717) is 5.56 Å². The van der Waals surface area contributed by atoms with Gasteiger partial charge in [0, 0.05) is 5.56 Å². The molecule has 128 valence electrons. The maximum absolute atomic E-state index is 13.2. The predicted molar refractivity (Wildman–Crippen MR) is 95.7 cm³/mol. The Morgan fingerprint density at radius 3 is 2.33 bits per heavy atom. The van der Waals surface area contributed by atoms with Gasteiger partial charge in [-0.1, -0.05) is 18.2 Å². The third kappa shape index (κ3) is 4.90. The van der Waals surface area contributed by atoms with Crippen LogP contribution in [-0.4, -0.2) is 31.4 Å². The van der Waals surface area contributed by atoms with E-state index in [-0.39, 0.29) is 17.8 Å². The second-order valence-electron chi connectivity index (χ2n) is 6.47. The molecule has 4 heteroatoms. The van der Waals surface area contributed by atoms with Crippen molar-refractivity contribution >= 4 is 5.91 Å². The van der Waals surface area contributed by atoms with Gasteiger partial charge in [-0.05, 0) is 81.9 Å². The second kappa shape index (κ2) is 8.06. The number of nitrogens with one attached hydrogen (secondary N) is 1. The maximum atomic E-state index is 13.2. The van der Waals surface area contributed by atoms with Crippen LogP contribution in [-0.2, 0) is 0 Å². The summed E-state index contributed by atoms with van der Waals surface area (Å²) in [6.07, 6.45) is 0.759. The summed E-state index contributed by atoms with van der Waals surface area (Å²) >= 11 is 0. The van der Waals surface area contributed by atoms with Crippen LogP contribution in [0.3, 0.4) is 0 Å².